The quantitative estimate of drug-likeness (QED) is 0.0186. The molecule has 2 aromatic carbocycles. The van der Waals surface area contributed by atoms with Gasteiger partial charge in [0.15, 0.2) is 8.32 Å². The van der Waals surface area contributed by atoms with E-state index in [-0.39, 0.29) is 65.2 Å². The summed E-state index contributed by atoms with van der Waals surface area (Å²) >= 11 is 0. The number of carbonyl (C=O) groups is 4. The standard InChI is InChI=1S/C35H49NO6.C32H51N3O5Si2/c1-25(2)12-8-13-26(3)14-9-15-27(4)21-23-41-35(40)36-22-11-19-30-24-32(38)28(5)16-6-7-17-29-18-10-20-31(37)33(29)34(39)42-30;1-23-16-12-13-17-24-18-14-20-26(39-41(8,9)31(2,3)4)29(24)30(37)38-25(19-15-21-28(36)34-35-33)22-27(23)40-42(10,11)32(5,6)7/h6-7,10-12,14,18,20-22,28,30,32,37-38H,8-9,13,15-17,19,23-24H2,1-5H3,(H,36,40);12-15,18,20-21,23,25,27H,16-17,19,22H2,1-11H3/b7-6+,22-11+,26-14+,27-21+;13-12+,21-15+/t28-,30?,32+;23-,25?,27+/m00/s1. The van der Waals surface area contributed by atoms with Crippen LogP contribution in [0.5, 0.6) is 11.5 Å². The monoisotopic (exact) mass is 1190 g/mol. The fraction of sp³-hybridized carbons (Fsp3) is 0.552. The number of nitrogens with zero attached hydrogens (tertiary/aromatic N) is 3. The lowest BCUT2D eigenvalue weighted by Gasteiger charge is -2.41. The molecule has 84 heavy (non-hydrogen) atoms. The number of aliphatic hydroxyl groups is 1. The molecule has 0 aliphatic carbocycles. The fourth-order valence-electron chi connectivity index (χ4n) is 8.74. The zero-order chi connectivity index (χ0) is 62.8. The van der Waals surface area contributed by atoms with Crippen molar-refractivity contribution in [2.45, 2.75) is 221 Å². The van der Waals surface area contributed by atoms with Gasteiger partial charge in [0, 0.05) is 36.8 Å². The van der Waals surface area contributed by atoms with E-state index in [4.69, 9.17) is 28.6 Å². The molecule has 2 aromatic rings. The van der Waals surface area contributed by atoms with Crippen molar-refractivity contribution in [3.63, 3.8) is 0 Å². The second-order valence-electron chi connectivity index (χ2n) is 25.8. The molecule has 0 fully saturated rings. The van der Waals surface area contributed by atoms with Crippen LogP contribution >= 0.6 is 0 Å². The molecule has 0 bridgehead atoms. The summed E-state index contributed by atoms with van der Waals surface area (Å²) < 4.78 is 30.8. The second kappa shape index (κ2) is 34.7. The molecular weight excluding hydrogens is 1090 g/mol. The molecule has 0 aromatic heterocycles. The van der Waals surface area contributed by atoms with Gasteiger partial charge in [-0.1, -0.05) is 145 Å². The maximum Gasteiger partial charge on any atom is 0.411 e. The minimum Gasteiger partial charge on any atom is -0.543 e. The molecule has 0 saturated heterocycles. The van der Waals surface area contributed by atoms with Crippen LogP contribution in [0.15, 0.2) is 125 Å². The summed E-state index contributed by atoms with van der Waals surface area (Å²) in [6, 6.07) is 10.7. The summed E-state index contributed by atoms with van der Waals surface area (Å²) in [6.07, 6.45) is 25.8. The highest BCUT2D eigenvalue weighted by atomic mass is 28.4. The maximum absolute atomic E-state index is 14.0. The van der Waals surface area contributed by atoms with Gasteiger partial charge in [0.05, 0.1) is 12.2 Å². The van der Waals surface area contributed by atoms with E-state index in [1.54, 1.807) is 24.3 Å². The molecule has 0 spiro atoms. The molecule has 2 aliphatic rings. The highest BCUT2D eigenvalue weighted by Crippen LogP contribution is 2.41. The third-order valence-corrected chi connectivity index (χ3v) is 25.1. The predicted octanol–water partition coefficient (Wildman–Crippen LogP) is 17.2. The van der Waals surface area contributed by atoms with Gasteiger partial charge in [0.2, 0.25) is 5.91 Å². The Hall–Kier alpha value is -6.24. The van der Waals surface area contributed by atoms with E-state index in [1.165, 1.54) is 29.5 Å². The van der Waals surface area contributed by atoms with Crippen LogP contribution in [0.1, 0.15) is 179 Å². The number of cyclic esters (lactones) is 2. The van der Waals surface area contributed by atoms with Gasteiger partial charge in [0.1, 0.15) is 41.4 Å². The van der Waals surface area contributed by atoms with Crippen LogP contribution in [-0.4, -0.2) is 81.8 Å². The lowest BCUT2D eigenvalue weighted by molar-refractivity contribution is -0.113. The van der Waals surface area contributed by atoms with Crippen molar-refractivity contribution < 1.29 is 52.5 Å². The number of alkyl carbamates (subject to hydrolysis) is 1. The Balaban J connectivity index is 0.000000440. The first kappa shape index (κ1) is 72.0. The number of phenolic OH excluding ortho intramolecular Hbond substituents is 1. The summed E-state index contributed by atoms with van der Waals surface area (Å²) in [5, 5.41) is 26.7. The van der Waals surface area contributed by atoms with Gasteiger partial charge in [0.25, 0.3) is 8.32 Å². The van der Waals surface area contributed by atoms with E-state index in [0.29, 0.717) is 42.6 Å². The Morgan fingerprint density at radius 2 is 1.30 bits per heavy atom. The zero-order valence-electron chi connectivity index (χ0n) is 53.4. The van der Waals surface area contributed by atoms with Gasteiger partial charge < -0.3 is 33.3 Å². The van der Waals surface area contributed by atoms with Gasteiger partial charge in [-0.15, -0.1) is 0 Å². The topological polar surface area (TPSA) is 216 Å². The van der Waals surface area contributed by atoms with Crippen molar-refractivity contribution in [2.24, 2.45) is 17.0 Å². The summed E-state index contributed by atoms with van der Waals surface area (Å²) in [5.74, 6) is -1.22. The molecular formula is C67H100N4O11Si2. The molecule has 0 radical (unpaired) electrons. The Labute approximate surface area is 504 Å². The second-order valence-corrected chi connectivity index (χ2v) is 35.2. The minimum absolute atomic E-state index is 0.00890. The molecule has 17 heteroatoms. The Bertz CT molecular complexity index is 2770. The molecule has 2 unspecified atom stereocenters. The van der Waals surface area contributed by atoms with Crippen LogP contribution in [0.2, 0.25) is 36.3 Å². The number of esters is 2. The number of azide groups is 1. The predicted molar refractivity (Wildman–Crippen MR) is 343 cm³/mol. The molecule has 2 amide bonds. The third kappa shape index (κ3) is 25.1. The molecule has 2 aliphatic heterocycles. The molecule has 0 saturated carbocycles. The van der Waals surface area contributed by atoms with E-state index >= 15 is 0 Å². The lowest BCUT2D eigenvalue weighted by Crippen LogP contribution is -2.46. The normalized spacial score (nSPS) is 21.4. The van der Waals surface area contributed by atoms with Gasteiger partial charge in [-0.3, -0.25) is 10.1 Å². The molecule has 2 heterocycles. The van der Waals surface area contributed by atoms with Crippen LogP contribution in [-0.2, 0) is 36.3 Å². The number of hydrogen-bond donors (Lipinski definition) is 3. The van der Waals surface area contributed by atoms with Crippen LogP contribution in [0.3, 0.4) is 0 Å². The first-order chi connectivity index (χ1) is 39.3. The van der Waals surface area contributed by atoms with Crippen molar-refractivity contribution in [2.75, 3.05) is 6.61 Å². The number of amides is 2. The first-order valence-electron chi connectivity index (χ1n) is 29.8. The number of nitrogens with one attached hydrogen (secondary N) is 1. The van der Waals surface area contributed by atoms with Gasteiger partial charge in [-0.25, -0.2) is 14.4 Å². The van der Waals surface area contributed by atoms with Gasteiger partial charge >= 0.3 is 18.0 Å². The number of aliphatic hydroxyl groups excluding tert-OH is 1. The van der Waals surface area contributed by atoms with Crippen molar-refractivity contribution in [1.82, 2.24) is 5.32 Å². The number of ether oxygens (including phenoxy) is 3. The first-order valence-corrected chi connectivity index (χ1v) is 35.6. The van der Waals surface area contributed by atoms with Crippen molar-refractivity contribution >= 4 is 40.6 Å². The fourth-order valence-corrected chi connectivity index (χ4v) is 11.2. The zero-order valence-corrected chi connectivity index (χ0v) is 55.4. The number of allylic oxidation sites excluding steroid dienone is 9. The number of fused-ring (bicyclic) bond motifs is 2. The van der Waals surface area contributed by atoms with Crippen molar-refractivity contribution in [3.8, 4) is 11.5 Å². The lowest BCUT2D eigenvalue weighted by atomic mass is 9.93. The average Bonchev–Trinajstić information content (AvgIpc) is 2.73. The Kier molecular flexibility index (Phi) is 29.7. The number of carbonyl (C=O) groups excluding carboxylic acids is 4. The van der Waals surface area contributed by atoms with E-state index < -0.39 is 58.9 Å². The van der Waals surface area contributed by atoms with Crippen LogP contribution < -0.4 is 9.74 Å². The Morgan fingerprint density at radius 1 is 0.750 bits per heavy atom. The number of benzene rings is 2. The molecule has 6 atom stereocenters. The van der Waals surface area contributed by atoms with Crippen LogP contribution in [0, 0.1) is 11.8 Å². The van der Waals surface area contributed by atoms with Gasteiger partial charge in [-0.2, -0.15) is 0 Å². The van der Waals surface area contributed by atoms with Crippen molar-refractivity contribution in [3.05, 3.63) is 153 Å². The molecule has 4 rings (SSSR count). The van der Waals surface area contributed by atoms with Crippen LogP contribution in [0.25, 0.3) is 10.4 Å². The highest BCUT2D eigenvalue weighted by molar-refractivity contribution is 6.75. The van der Waals surface area contributed by atoms with Crippen molar-refractivity contribution in [1.29, 1.82) is 0 Å². The van der Waals surface area contributed by atoms with E-state index in [9.17, 15) is 29.4 Å². The molecule has 462 valence electrons. The average molecular weight is 1190 g/mol. The summed E-state index contributed by atoms with van der Waals surface area (Å²) in [5.41, 5.74) is 14.6. The third-order valence-electron chi connectivity index (χ3n) is 16.2. The van der Waals surface area contributed by atoms with E-state index in [1.807, 2.05) is 50.3 Å². The number of hydrogen-bond acceptors (Lipinski definition) is 11. The smallest absolute Gasteiger partial charge is 0.411 e. The summed E-state index contributed by atoms with van der Waals surface area (Å²) in [7, 11) is -4.41. The highest BCUT2D eigenvalue weighted by Gasteiger charge is 2.42. The summed E-state index contributed by atoms with van der Waals surface area (Å²) in [6.45, 7) is 34.6. The SMILES string of the molecule is CC(C)=CCC/C(C)=C/CC/C(C)=C/COC(=O)N/C=C/CC1C[C@@H](O)[C@@H](C)C/C=C/Cc2cccc(O)c2C(=O)O1.C[C@H]1C/C=C/Cc2cccc(O[Si](C)(C)C(C)(C)C)c2C(=O)OC(C/C=C/C(=O)N=[N+]=[N-])C[C@H]1O[Si](C)(C)C(C)(C)C. The summed E-state index contributed by atoms with van der Waals surface area (Å²) in [4.78, 5) is 53.5. The minimum atomic E-state index is -2.26. The van der Waals surface area contributed by atoms with E-state index in [2.05, 4.69) is 135 Å². The Morgan fingerprint density at radius 3 is 1.90 bits per heavy atom. The molecule has 3 N–H and O–H groups in total. The number of aromatic hydroxyl groups is 1. The van der Waals surface area contributed by atoms with Crippen LogP contribution in [0.4, 0.5) is 4.79 Å². The van der Waals surface area contributed by atoms with Gasteiger partial charge in [-0.05, 0) is 173 Å². The number of rotatable bonds is 18. The molecule has 15 nitrogen and oxygen atoms in total. The number of phenols is 1. The van der Waals surface area contributed by atoms with E-state index in [0.717, 1.165) is 43.2 Å². The largest absolute Gasteiger partial charge is 0.543 e. The maximum atomic E-state index is 14.0.